The van der Waals surface area contributed by atoms with Gasteiger partial charge in [0.05, 0.1) is 28.8 Å². The van der Waals surface area contributed by atoms with Crippen molar-refractivity contribution in [2.75, 3.05) is 19.7 Å². The van der Waals surface area contributed by atoms with Crippen molar-refractivity contribution in [1.29, 1.82) is 5.26 Å². The SMILES string of the molecule is CCO[C@H]1CC[C@](C)(N2CCC(n3c(=O)[nH]c4ccc(C#N)cc43)CC2)CC1.Cl. The molecule has 0 bridgehead atoms. The number of likely N-dealkylation sites (tertiary alicyclic amines) is 1. The van der Waals surface area contributed by atoms with E-state index in [1.807, 2.05) is 16.7 Å². The van der Waals surface area contributed by atoms with Gasteiger partial charge in [-0.05, 0) is 70.6 Å². The van der Waals surface area contributed by atoms with Crippen molar-refractivity contribution in [3.8, 4) is 6.07 Å². The molecule has 0 radical (unpaired) electrons. The highest BCUT2D eigenvalue weighted by atomic mass is 35.5. The lowest BCUT2D eigenvalue weighted by Crippen LogP contribution is -2.53. The summed E-state index contributed by atoms with van der Waals surface area (Å²) in [4.78, 5) is 18.2. The highest BCUT2D eigenvalue weighted by Gasteiger charge is 2.38. The van der Waals surface area contributed by atoms with Crippen LogP contribution in [-0.2, 0) is 4.74 Å². The Balaban J connectivity index is 0.00000240. The van der Waals surface area contributed by atoms with E-state index >= 15 is 0 Å². The summed E-state index contributed by atoms with van der Waals surface area (Å²) >= 11 is 0. The first-order valence-electron chi connectivity index (χ1n) is 10.5. The lowest BCUT2D eigenvalue weighted by molar-refractivity contribution is -0.0273. The molecule has 1 aromatic heterocycles. The number of aromatic nitrogens is 2. The molecule has 1 saturated heterocycles. The first-order chi connectivity index (χ1) is 13.5. The topological polar surface area (TPSA) is 74.0 Å². The zero-order chi connectivity index (χ0) is 19.7. The second kappa shape index (κ2) is 8.91. The molecule has 7 heteroatoms. The number of piperidine rings is 1. The lowest BCUT2D eigenvalue weighted by Gasteiger charge is -2.48. The second-order valence-corrected chi connectivity index (χ2v) is 8.51. The minimum absolute atomic E-state index is 0. The molecule has 2 fully saturated rings. The number of nitrogens with one attached hydrogen (secondary N) is 1. The summed E-state index contributed by atoms with van der Waals surface area (Å²) in [5, 5.41) is 9.20. The molecule has 1 N–H and O–H groups in total. The maximum absolute atomic E-state index is 12.6. The van der Waals surface area contributed by atoms with Crippen LogP contribution in [0.3, 0.4) is 0 Å². The van der Waals surface area contributed by atoms with Crippen LogP contribution < -0.4 is 5.69 Å². The molecule has 29 heavy (non-hydrogen) atoms. The second-order valence-electron chi connectivity index (χ2n) is 8.51. The van der Waals surface area contributed by atoms with Crippen LogP contribution >= 0.6 is 12.4 Å². The van der Waals surface area contributed by atoms with E-state index in [0.717, 1.165) is 56.4 Å². The maximum atomic E-state index is 12.6. The Hall–Kier alpha value is -1.81. The van der Waals surface area contributed by atoms with Gasteiger partial charge in [-0.2, -0.15) is 5.26 Å². The fourth-order valence-corrected chi connectivity index (χ4v) is 5.15. The Labute approximate surface area is 178 Å². The van der Waals surface area contributed by atoms with Gasteiger partial charge in [-0.25, -0.2) is 4.79 Å². The van der Waals surface area contributed by atoms with Crippen molar-refractivity contribution in [3.05, 3.63) is 34.2 Å². The van der Waals surface area contributed by atoms with Crippen LogP contribution in [0, 0.1) is 11.3 Å². The van der Waals surface area contributed by atoms with Crippen molar-refractivity contribution < 1.29 is 4.74 Å². The molecule has 6 nitrogen and oxygen atoms in total. The molecule has 2 heterocycles. The van der Waals surface area contributed by atoms with Gasteiger partial charge in [0, 0.05) is 31.3 Å². The first kappa shape index (κ1) is 21.9. The van der Waals surface area contributed by atoms with Gasteiger partial charge < -0.3 is 9.72 Å². The predicted molar refractivity (Wildman–Crippen MR) is 117 cm³/mol. The zero-order valence-electron chi connectivity index (χ0n) is 17.3. The Morgan fingerprint density at radius 3 is 2.55 bits per heavy atom. The number of rotatable bonds is 4. The van der Waals surface area contributed by atoms with Crippen LogP contribution in [0.5, 0.6) is 0 Å². The minimum Gasteiger partial charge on any atom is -0.379 e. The number of H-pyrrole nitrogens is 1. The van der Waals surface area contributed by atoms with E-state index in [-0.39, 0.29) is 29.7 Å². The Kier molecular flexibility index (Phi) is 6.72. The molecule has 0 amide bonds. The summed E-state index contributed by atoms with van der Waals surface area (Å²) in [5.41, 5.74) is 2.44. The van der Waals surface area contributed by atoms with E-state index in [1.54, 1.807) is 6.07 Å². The average molecular weight is 419 g/mol. The standard InChI is InChI=1S/C22H30N4O2.ClH/c1-3-28-18-6-10-22(2,11-7-18)25-12-8-17(9-13-25)26-20-14-16(15-23)4-5-19(20)24-21(26)27;/h4-5,14,17-18H,3,6-13H2,1-2H3,(H,24,27);1H/t18-,22-;. The number of hydrogen-bond acceptors (Lipinski definition) is 4. The summed E-state index contributed by atoms with van der Waals surface area (Å²) in [6.45, 7) is 7.30. The van der Waals surface area contributed by atoms with Gasteiger partial charge in [-0.1, -0.05) is 0 Å². The normalized spacial score (nSPS) is 26.2. The fraction of sp³-hybridized carbons (Fsp3) is 0.636. The van der Waals surface area contributed by atoms with Crippen molar-refractivity contribution in [3.63, 3.8) is 0 Å². The highest BCUT2D eigenvalue weighted by molar-refractivity contribution is 5.85. The molecule has 158 valence electrons. The summed E-state index contributed by atoms with van der Waals surface area (Å²) in [6, 6.07) is 7.78. The van der Waals surface area contributed by atoms with Gasteiger partial charge in [0.15, 0.2) is 0 Å². The van der Waals surface area contributed by atoms with Crippen molar-refractivity contribution in [2.45, 2.75) is 70.1 Å². The number of fused-ring (bicyclic) bond motifs is 1. The van der Waals surface area contributed by atoms with Crippen LogP contribution in [0.25, 0.3) is 11.0 Å². The molecule has 2 aliphatic rings. The van der Waals surface area contributed by atoms with Crippen molar-refractivity contribution in [2.24, 2.45) is 0 Å². The van der Waals surface area contributed by atoms with Crippen molar-refractivity contribution in [1.82, 2.24) is 14.5 Å². The molecular formula is C22H31ClN4O2. The van der Waals surface area contributed by atoms with Crippen LogP contribution in [0.1, 0.15) is 64.0 Å². The van der Waals surface area contributed by atoms with Crippen LogP contribution in [0.2, 0.25) is 0 Å². The summed E-state index contributed by atoms with van der Waals surface area (Å²) in [5.74, 6) is 0. The Morgan fingerprint density at radius 2 is 1.93 bits per heavy atom. The van der Waals surface area contributed by atoms with Gasteiger partial charge in [-0.15, -0.1) is 12.4 Å². The van der Waals surface area contributed by atoms with Gasteiger partial charge in [-0.3, -0.25) is 9.47 Å². The summed E-state index contributed by atoms with van der Waals surface area (Å²) in [6.07, 6.45) is 7.01. The maximum Gasteiger partial charge on any atom is 0.326 e. The molecule has 1 aliphatic carbocycles. The molecule has 2 aromatic rings. The van der Waals surface area contributed by atoms with E-state index in [2.05, 4.69) is 29.8 Å². The first-order valence-corrected chi connectivity index (χ1v) is 10.5. The van der Waals surface area contributed by atoms with E-state index in [0.29, 0.717) is 11.7 Å². The van der Waals surface area contributed by atoms with Gasteiger partial charge >= 0.3 is 5.69 Å². The van der Waals surface area contributed by atoms with E-state index in [4.69, 9.17) is 4.74 Å². The smallest absolute Gasteiger partial charge is 0.326 e. The third-order valence-electron chi connectivity index (χ3n) is 6.85. The molecule has 4 rings (SSSR count). The fourth-order valence-electron chi connectivity index (χ4n) is 5.15. The molecule has 0 atom stereocenters. The third-order valence-corrected chi connectivity index (χ3v) is 6.85. The minimum atomic E-state index is -0.0630. The summed E-state index contributed by atoms with van der Waals surface area (Å²) in [7, 11) is 0. The highest BCUT2D eigenvalue weighted by Crippen LogP contribution is 2.38. The van der Waals surface area contributed by atoms with Crippen LogP contribution in [-0.4, -0.2) is 45.8 Å². The summed E-state index contributed by atoms with van der Waals surface area (Å²) < 4.78 is 7.70. The number of halogens is 1. The molecule has 1 saturated carbocycles. The predicted octanol–water partition coefficient (Wildman–Crippen LogP) is 4.00. The number of nitriles is 1. The van der Waals surface area contributed by atoms with E-state index in [9.17, 15) is 10.1 Å². The molecule has 1 aliphatic heterocycles. The number of ether oxygens (including phenoxy) is 1. The monoisotopic (exact) mass is 418 g/mol. The number of imidazole rings is 1. The number of aromatic amines is 1. The number of benzene rings is 1. The average Bonchev–Trinajstić information content (AvgIpc) is 3.05. The Morgan fingerprint density at radius 1 is 1.24 bits per heavy atom. The van der Waals surface area contributed by atoms with Gasteiger partial charge in [0.1, 0.15) is 0 Å². The largest absolute Gasteiger partial charge is 0.379 e. The molecule has 0 unspecified atom stereocenters. The molecule has 1 aromatic carbocycles. The number of nitrogens with zero attached hydrogens (tertiary/aromatic N) is 3. The van der Waals surface area contributed by atoms with E-state index < -0.39 is 0 Å². The zero-order valence-corrected chi connectivity index (χ0v) is 18.1. The van der Waals surface area contributed by atoms with Gasteiger partial charge in [0.25, 0.3) is 0 Å². The molecular weight excluding hydrogens is 388 g/mol. The number of hydrogen-bond donors (Lipinski definition) is 1. The quantitative estimate of drug-likeness (QED) is 0.814. The third kappa shape index (κ3) is 4.23. The molecule has 0 spiro atoms. The van der Waals surface area contributed by atoms with Crippen LogP contribution in [0.15, 0.2) is 23.0 Å². The Bertz CT molecular complexity index is 928. The lowest BCUT2D eigenvalue weighted by atomic mass is 9.79. The van der Waals surface area contributed by atoms with Crippen LogP contribution in [0.4, 0.5) is 0 Å². The van der Waals surface area contributed by atoms with E-state index in [1.165, 1.54) is 12.8 Å². The van der Waals surface area contributed by atoms with Gasteiger partial charge in [0.2, 0.25) is 0 Å². The van der Waals surface area contributed by atoms with Crippen molar-refractivity contribution >= 4 is 23.4 Å².